The van der Waals surface area contributed by atoms with E-state index in [2.05, 4.69) is 26.8 Å². The molecule has 0 aliphatic heterocycles. The van der Waals surface area contributed by atoms with Gasteiger partial charge in [-0.2, -0.15) is 9.36 Å². The number of likely N-dealkylation sites (N-methyl/N-ethyl adjacent to an activating group) is 1. The lowest BCUT2D eigenvalue weighted by Crippen LogP contribution is -2.24. The molecule has 1 atom stereocenters. The van der Waals surface area contributed by atoms with Crippen molar-refractivity contribution in [1.82, 2.24) is 19.8 Å². The highest BCUT2D eigenvalue weighted by Crippen LogP contribution is 2.28. The zero-order valence-electron chi connectivity index (χ0n) is 12.3. The molecule has 0 spiro atoms. The predicted octanol–water partition coefficient (Wildman–Crippen LogP) is 3.43. The van der Waals surface area contributed by atoms with Crippen molar-refractivity contribution in [2.75, 3.05) is 7.05 Å². The molecule has 0 saturated heterocycles. The Morgan fingerprint density at radius 2 is 2.05 bits per heavy atom. The van der Waals surface area contributed by atoms with E-state index in [9.17, 15) is 0 Å². The standard InChI is InChI=1S/C15H16N4OS.ClH/c1-10(16-2)8-14-17-15(20-18-14)13-9-12(19-21-13)11-6-4-3-5-7-11;/h3-7,9-10,16H,8H2,1-2H3;1H. The van der Waals surface area contributed by atoms with E-state index in [4.69, 9.17) is 4.52 Å². The number of nitrogens with one attached hydrogen (secondary N) is 1. The van der Waals surface area contributed by atoms with E-state index in [-0.39, 0.29) is 12.4 Å². The summed E-state index contributed by atoms with van der Waals surface area (Å²) in [6.45, 7) is 2.08. The second kappa shape index (κ2) is 7.49. The molecule has 0 radical (unpaired) electrons. The van der Waals surface area contributed by atoms with Crippen LogP contribution in [0.15, 0.2) is 40.9 Å². The SMILES string of the molecule is CNC(C)Cc1noc(-c2cc(-c3ccccc3)ns2)n1.Cl. The lowest BCUT2D eigenvalue weighted by molar-refractivity contribution is 0.419. The van der Waals surface area contributed by atoms with Crippen molar-refractivity contribution < 1.29 is 4.52 Å². The van der Waals surface area contributed by atoms with Crippen molar-refractivity contribution in [3.8, 4) is 22.0 Å². The minimum Gasteiger partial charge on any atom is -0.333 e. The van der Waals surface area contributed by atoms with Crippen LogP contribution in [0.1, 0.15) is 12.7 Å². The third kappa shape index (κ3) is 3.71. The Bertz CT molecular complexity index is 713. The third-order valence-corrected chi connectivity index (χ3v) is 4.02. The Morgan fingerprint density at radius 1 is 1.27 bits per heavy atom. The van der Waals surface area contributed by atoms with Gasteiger partial charge >= 0.3 is 0 Å². The quantitative estimate of drug-likeness (QED) is 0.773. The average molecular weight is 337 g/mol. The highest BCUT2D eigenvalue weighted by Gasteiger charge is 2.14. The summed E-state index contributed by atoms with van der Waals surface area (Å²) in [5, 5.41) is 7.17. The van der Waals surface area contributed by atoms with Gasteiger partial charge in [-0.1, -0.05) is 35.5 Å². The summed E-state index contributed by atoms with van der Waals surface area (Å²) in [6.07, 6.45) is 0.740. The summed E-state index contributed by atoms with van der Waals surface area (Å²) < 4.78 is 9.78. The third-order valence-electron chi connectivity index (χ3n) is 3.24. The summed E-state index contributed by atoms with van der Waals surface area (Å²) in [4.78, 5) is 5.32. The minimum absolute atomic E-state index is 0. The molecule has 0 aliphatic carbocycles. The van der Waals surface area contributed by atoms with E-state index < -0.39 is 0 Å². The first-order valence-corrected chi connectivity index (χ1v) is 7.56. The monoisotopic (exact) mass is 336 g/mol. The van der Waals surface area contributed by atoms with E-state index in [0.717, 1.165) is 22.6 Å². The smallest absolute Gasteiger partial charge is 0.269 e. The summed E-state index contributed by atoms with van der Waals surface area (Å²) >= 11 is 1.37. The van der Waals surface area contributed by atoms with Gasteiger partial charge in [0.2, 0.25) is 0 Å². The molecule has 1 N–H and O–H groups in total. The van der Waals surface area contributed by atoms with Crippen molar-refractivity contribution in [2.24, 2.45) is 0 Å². The largest absolute Gasteiger partial charge is 0.333 e. The van der Waals surface area contributed by atoms with Crippen LogP contribution in [0, 0.1) is 0 Å². The predicted molar refractivity (Wildman–Crippen MR) is 90.3 cm³/mol. The van der Waals surface area contributed by atoms with Gasteiger partial charge in [0.05, 0.1) is 5.69 Å². The molecule has 22 heavy (non-hydrogen) atoms. The molecule has 1 unspecified atom stereocenters. The zero-order valence-corrected chi connectivity index (χ0v) is 13.9. The fourth-order valence-electron chi connectivity index (χ4n) is 1.93. The first-order chi connectivity index (χ1) is 10.3. The number of rotatable bonds is 5. The molecular formula is C15H17ClN4OS. The maximum absolute atomic E-state index is 5.33. The van der Waals surface area contributed by atoms with Gasteiger partial charge in [0.15, 0.2) is 5.82 Å². The van der Waals surface area contributed by atoms with Crippen LogP contribution < -0.4 is 5.32 Å². The van der Waals surface area contributed by atoms with E-state index in [0.29, 0.717) is 17.8 Å². The minimum atomic E-state index is 0. The Balaban J connectivity index is 0.00000176. The van der Waals surface area contributed by atoms with Crippen molar-refractivity contribution in [3.05, 3.63) is 42.2 Å². The molecule has 0 fully saturated rings. The number of hydrogen-bond donors (Lipinski definition) is 1. The fraction of sp³-hybridized carbons (Fsp3) is 0.267. The number of benzene rings is 1. The van der Waals surface area contributed by atoms with Crippen LogP contribution in [0.3, 0.4) is 0 Å². The molecule has 116 valence electrons. The Kier molecular flexibility index (Phi) is 5.65. The second-order valence-electron chi connectivity index (χ2n) is 4.85. The fourth-order valence-corrected chi connectivity index (χ4v) is 2.61. The molecule has 7 heteroatoms. The topological polar surface area (TPSA) is 63.8 Å². The van der Waals surface area contributed by atoms with Crippen LogP contribution in [0.4, 0.5) is 0 Å². The van der Waals surface area contributed by atoms with Gasteiger partial charge in [-0.25, -0.2) is 0 Å². The molecule has 1 aromatic carbocycles. The van der Waals surface area contributed by atoms with Crippen LogP contribution in [-0.2, 0) is 6.42 Å². The normalized spacial score (nSPS) is 11.9. The van der Waals surface area contributed by atoms with E-state index in [1.807, 2.05) is 43.4 Å². The maximum atomic E-state index is 5.33. The lowest BCUT2D eigenvalue weighted by atomic mass is 10.1. The maximum Gasteiger partial charge on any atom is 0.269 e. The highest BCUT2D eigenvalue weighted by molar-refractivity contribution is 7.09. The first kappa shape index (κ1) is 16.6. The molecule has 3 aromatic rings. The number of hydrogen-bond acceptors (Lipinski definition) is 6. The first-order valence-electron chi connectivity index (χ1n) is 6.78. The van der Waals surface area contributed by atoms with Crippen LogP contribution in [0.5, 0.6) is 0 Å². The molecule has 5 nitrogen and oxygen atoms in total. The van der Waals surface area contributed by atoms with Crippen LogP contribution in [-0.4, -0.2) is 27.6 Å². The summed E-state index contributed by atoms with van der Waals surface area (Å²) in [7, 11) is 1.92. The molecule has 0 amide bonds. The average Bonchev–Trinajstić information content (AvgIpc) is 3.17. The summed E-state index contributed by atoms with van der Waals surface area (Å²) in [5.41, 5.74) is 2.02. The number of nitrogens with zero attached hydrogens (tertiary/aromatic N) is 3. The van der Waals surface area contributed by atoms with Gasteiger partial charge in [0.25, 0.3) is 5.89 Å². The van der Waals surface area contributed by atoms with Crippen molar-refractivity contribution in [1.29, 1.82) is 0 Å². The van der Waals surface area contributed by atoms with Gasteiger partial charge in [0.1, 0.15) is 4.88 Å². The molecule has 0 saturated carbocycles. The molecule has 2 aromatic heterocycles. The molecule has 3 rings (SSSR count). The Morgan fingerprint density at radius 3 is 2.77 bits per heavy atom. The van der Waals surface area contributed by atoms with Crippen LogP contribution >= 0.6 is 23.9 Å². The van der Waals surface area contributed by atoms with Gasteiger partial charge in [-0.15, -0.1) is 12.4 Å². The number of aromatic nitrogens is 3. The van der Waals surface area contributed by atoms with Gasteiger partial charge in [0, 0.05) is 18.0 Å². The highest BCUT2D eigenvalue weighted by atomic mass is 35.5. The van der Waals surface area contributed by atoms with Gasteiger partial charge < -0.3 is 9.84 Å². The molecule has 2 heterocycles. The van der Waals surface area contributed by atoms with Crippen molar-refractivity contribution in [2.45, 2.75) is 19.4 Å². The van der Waals surface area contributed by atoms with E-state index >= 15 is 0 Å². The van der Waals surface area contributed by atoms with E-state index in [1.54, 1.807) is 0 Å². The van der Waals surface area contributed by atoms with E-state index in [1.165, 1.54) is 11.5 Å². The molecular weight excluding hydrogens is 320 g/mol. The lowest BCUT2D eigenvalue weighted by Gasteiger charge is -2.04. The number of halogens is 1. The molecule has 0 aliphatic rings. The Hall–Kier alpha value is -1.76. The molecule has 0 bridgehead atoms. The van der Waals surface area contributed by atoms with Crippen molar-refractivity contribution in [3.63, 3.8) is 0 Å². The van der Waals surface area contributed by atoms with Crippen LogP contribution in [0.25, 0.3) is 22.0 Å². The Labute approximate surface area is 139 Å². The summed E-state index contributed by atoms with van der Waals surface area (Å²) in [6, 6.07) is 12.4. The van der Waals surface area contributed by atoms with Crippen LogP contribution in [0.2, 0.25) is 0 Å². The van der Waals surface area contributed by atoms with Gasteiger partial charge in [-0.3, -0.25) is 0 Å². The van der Waals surface area contributed by atoms with Gasteiger partial charge in [-0.05, 0) is 31.6 Å². The summed E-state index contributed by atoms with van der Waals surface area (Å²) in [5.74, 6) is 1.24. The second-order valence-corrected chi connectivity index (χ2v) is 5.66. The zero-order chi connectivity index (χ0) is 14.7. The van der Waals surface area contributed by atoms with Crippen molar-refractivity contribution >= 4 is 23.9 Å².